The van der Waals surface area contributed by atoms with Gasteiger partial charge in [0.1, 0.15) is 11.5 Å². The molecule has 2 N–H and O–H groups in total. The van der Waals surface area contributed by atoms with Crippen molar-refractivity contribution in [3.63, 3.8) is 0 Å². The van der Waals surface area contributed by atoms with Gasteiger partial charge in [0.2, 0.25) is 5.91 Å². The van der Waals surface area contributed by atoms with E-state index in [2.05, 4.69) is 5.32 Å². The summed E-state index contributed by atoms with van der Waals surface area (Å²) in [6.07, 6.45) is 6.60. The van der Waals surface area contributed by atoms with E-state index >= 15 is 0 Å². The summed E-state index contributed by atoms with van der Waals surface area (Å²) in [6, 6.07) is 5.47. The lowest BCUT2D eigenvalue weighted by molar-refractivity contribution is -0.169. The Morgan fingerprint density at radius 3 is 2.52 bits per heavy atom. The van der Waals surface area contributed by atoms with Gasteiger partial charge in [-0.2, -0.15) is 0 Å². The largest absolute Gasteiger partial charge is 0.497 e. The third-order valence-electron chi connectivity index (χ3n) is 6.97. The molecule has 5 nitrogen and oxygen atoms in total. The minimum atomic E-state index is -0.522. The van der Waals surface area contributed by atoms with Crippen LogP contribution in [0, 0.1) is 17.3 Å². The standard InChI is InChI=1S/C22H31NO4/c1-14(18-7-17(26-2)4-5-19(18)27-3)23-20(24)12-21-8-15-6-16(9-21)11-22(25,10-15)13-21/h4-5,7,14-16,25H,6,8-13H2,1-3H3,(H,23,24)/t14-,15-,16+,21?,22?/m1/s1. The Kier molecular flexibility index (Phi) is 4.61. The Labute approximate surface area is 161 Å². The third-order valence-corrected chi connectivity index (χ3v) is 6.97. The Balaban J connectivity index is 1.46. The first-order valence-corrected chi connectivity index (χ1v) is 10.1. The molecular formula is C22H31NO4. The van der Waals surface area contributed by atoms with Crippen LogP contribution in [-0.4, -0.2) is 30.8 Å². The van der Waals surface area contributed by atoms with E-state index in [1.807, 2.05) is 25.1 Å². The molecule has 1 aromatic rings. The van der Waals surface area contributed by atoms with Crippen LogP contribution in [0.15, 0.2) is 18.2 Å². The quantitative estimate of drug-likeness (QED) is 0.799. The van der Waals surface area contributed by atoms with Crippen LogP contribution in [0.3, 0.4) is 0 Å². The summed E-state index contributed by atoms with van der Waals surface area (Å²) in [4.78, 5) is 12.9. The van der Waals surface area contributed by atoms with Crippen molar-refractivity contribution in [1.82, 2.24) is 5.32 Å². The number of carbonyl (C=O) groups excluding carboxylic acids is 1. The van der Waals surface area contributed by atoms with E-state index in [0.29, 0.717) is 18.3 Å². The Hall–Kier alpha value is -1.75. The Morgan fingerprint density at radius 1 is 1.22 bits per heavy atom. The van der Waals surface area contributed by atoms with E-state index in [4.69, 9.17) is 9.47 Å². The highest BCUT2D eigenvalue weighted by molar-refractivity contribution is 5.77. The molecule has 4 aliphatic carbocycles. The van der Waals surface area contributed by atoms with Crippen molar-refractivity contribution in [3.05, 3.63) is 23.8 Å². The topological polar surface area (TPSA) is 67.8 Å². The van der Waals surface area contributed by atoms with E-state index in [1.165, 1.54) is 6.42 Å². The smallest absolute Gasteiger partial charge is 0.221 e. The van der Waals surface area contributed by atoms with Gasteiger partial charge in [0.15, 0.2) is 0 Å². The zero-order valence-corrected chi connectivity index (χ0v) is 16.6. The van der Waals surface area contributed by atoms with E-state index in [0.717, 1.165) is 49.2 Å². The minimum Gasteiger partial charge on any atom is -0.497 e. The lowest BCUT2D eigenvalue weighted by atomic mass is 9.47. The number of hydrogen-bond donors (Lipinski definition) is 2. The lowest BCUT2D eigenvalue weighted by Gasteiger charge is -2.60. The number of rotatable bonds is 6. The third kappa shape index (κ3) is 3.54. The van der Waals surface area contributed by atoms with Gasteiger partial charge in [-0.25, -0.2) is 0 Å². The van der Waals surface area contributed by atoms with E-state index in [1.54, 1.807) is 14.2 Å². The summed E-state index contributed by atoms with van der Waals surface area (Å²) in [5.74, 6) is 2.75. The van der Waals surface area contributed by atoms with Crippen molar-refractivity contribution in [1.29, 1.82) is 0 Å². The second-order valence-corrected chi connectivity index (χ2v) is 9.26. The number of amides is 1. The Morgan fingerprint density at radius 2 is 1.93 bits per heavy atom. The maximum absolute atomic E-state index is 12.9. The summed E-state index contributed by atoms with van der Waals surface area (Å²) < 4.78 is 10.8. The van der Waals surface area contributed by atoms with Crippen LogP contribution in [0.1, 0.15) is 63.5 Å². The fourth-order valence-corrected chi connectivity index (χ4v) is 6.50. The molecule has 1 aromatic carbocycles. The number of methoxy groups -OCH3 is 2. The van der Waals surface area contributed by atoms with Gasteiger partial charge in [-0.3, -0.25) is 4.79 Å². The molecule has 1 amide bonds. The SMILES string of the molecule is COc1ccc(OC)c([C@@H](C)NC(=O)CC23C[C@@H]4C[C@@H](CC(O)(C4)C2)C3)c1. The Bertz CT molecular complexity index is 717. The molecule has 5 heteroatoms. The van der Waals surface area contributed by atoms with Crippen LogP contribution in [-0.2, 0) is 4.79 Å². The molecule has 0 aliphatic heterocycles. The predicted molar refractivity (Wildman–Crippen MR) is 103 cm³/mol. The summed E-state index contributed by atoms with van der Waals surface area (Å²) in [7, 11) is 3.27. The van der Waals surface area contributed by atoms with Gasteiger partial charge in [0, 0.05) is 12.0 Å². The van der Waals surface area contributed by atoms with Crippen molar-refractivity contribution in [2.45, 2.75) is 63.5 Å². The summed E-state index contributed by atoms with van der Waals surface area (Å²) in [6.45, 7) is 1.97. The van der Waals surface area contributed by atoms with Gasteiger partial charge >= 0.3 is 0 Å². The van der Waals surface area contributed by atoms with Crippen molar-refractivity contribution >= 4 is 5.91 Å². The number of hydrogen-bond acceptors (Lipinski definition) is 4. The summed E-state index contributed by atoms with van der Waals surface area (Å²) in [5, 5.41) is 14.1. The maximum atomic E-state index is 12.9. The second-order valence-electron chi connectivity index (χ2n) is 9.26. The van der Waals surface area contributed by atoms with E-state index < -0.39 is 5.60 Å². The van der Waals surface area contributed by atoms with Crippen molar-refractivity contribution in [2.24, 2.45) is 17.3 Å². The first-order valence-electron chi connectivity index (χ1n) is 10.1. The van der Waals surface area contributed by atoms with Crippen LogP contribution in [0.25, 0.3) is 0 Å². The van der Waals surface area contributed by atoms with Gasteiger partial charge in [-0.1, -0.05) is 0 Å². The molecule has 2 unspecified atom stereocenters. The molecule has 4 bridgehead atoms. The number of benzene rings is 1. The second kappa shape index (κ2) is 6.69. The molecule has 27 heavy (non-hydrogen) atoms. The number of nitrogens with one attached hydrogen (secondary N) is 1. The summed E-state index contributed by atoms with van der Waals surface area (Å²) >= 11 is 0. The van der Waals surface area contributed by atoms with Crippen molar-refractivity contribution in [3.8, 4) is 11.5 Å². The maximum Gasteiger partial charge on any atom is 0.221 e. The predicted octanol–water partition coefficient (Wildman–Crippen LogP) is 3.60. The molecule has 4 fully saturated rings. The number of carbonyl (C=O) groups is 1. The molecule has 4 aliphatic rings. The highest BCUT2D eigenvalue weighted by Crippen LogP contribution is 2.62. The van der Waals surface area contributed by atoms with Gasteiger partial charge in [-0.15, -0.1) is 0 Å². The average molecular weight is 373 g/mol. The fourth-order valence-electron chi connectivity index (χ4n) is 6.50. The molecule has 148 valence electrons. The average Bonchev–Trinajstić information content (AvgIpc) is 2.58. The van der Waals surface area contributed by atoms with Crippen LogP contribution >= 0.6 is 0 Å². The van der Waals surface area contributed by atoms with Gasteiger partial charge in [0.25, 0.3) is 0 Å². The zero-order valence-electron chi connectivity index (χ0n) is 16.6. The van der Waals surface area contributed by atoms with Crippen LogP contribution in [0.5, 0.6) is 11.5 Å². The van der Waals surface area contributed by atoms with Gasteiger partial charge < -0.3 is 19.9 Å². The molecule has 4 saturated carbocycles. The first kappa shape index (κ1) is 18.6. The summed E-state index contributed by atoms with van der Waals surface area (Å²) in [5.41, 5.74) is 0.377. The fraction of sp³-hybridized carbons (Fsp3) is 0.682. The molecule has 0 saturated heterocycles. The van der Waals surface area contributed by atoms with Gasteiger partial charge in [-0.05, 0) is 80.9 Å². The molecule has 0 aromatic heterocycles. The number of aliphatic hydroxyl groups is 1. The molecule has 0 radical (unpaired) electrons. The lowest BCUT2D eigenvalue weighted by Crippen LogP contribution is -2.56. The number of ether oxygens (including phenoxy) is 2. The minimum absolute atomic E-state index is 0.0128. The normalized spacial score (nSPS) is 35.0. The van der Waals surface area contributed by atoms with Crippen molar-refractivity contribution in [2.75, 3.05) is 14.2 Å². The van der Waals surface area contributed by atoms with E-state index in [-0.39, 0.29) is 17.4 Å². The molecular weight excluding hydrogens is 342 g/mol. The monoisotopic (exact) mass is 373 g/mol. The van der Waals surface area contributed by atoms with Crippen LogP contribution < -0.4 is 14.8 Å². The molecule has 5 atom stereocenters. The van der Waals surface area contributed by atoms with E-state index in [9.17, 15) is 9.90 Å². The molecule has 0 heterocycles. The van der Waals surface area contributed by atoms with Crippen LogP contribution in [0.4, 0.5) is 0 Å². The van der Waals surface area contributed by atoms with Crippen molar-refractivity contribution < 1.29 is 19.4 Å². The van der Waals surface area contributed by atoms with Crippen LogP contribution in [0.2, 0.25) is 0 Å². The zero-order chi connectivity index (χ0) is 19.2. The highest BCUT2D eigenvalue weighted by atomic mass is 16.5. The van der Waals surface area contributed by atoms with Gasteiger partial charge in [0.05, 0.1) is 25.9 Å². The molecule has 0 spiro atoms. The molecule has 5 rings (SSSR count). The highest BCUT2D eigenvalue weighted by Gasteiger charge is 2.57. The first-order chi connectivity index (χ1) is 12.8.